The molecule has 2 N–H and O–H groups in total. The zero-order valence-electron chi connectivity index (χ0n) is 15.3. The Morgan fingerprint density at radius 1 is 1.25 bits per heavy atom. The Morgan fingerprint density at radius 3 is 2.64 bits per heavy atom. The molecular formula is C20H18FN3O4. The number of nitrogens with zero attached hydrogens (tertiary/aromatic N) is 2. The van der Waals surface area contributed by atoms with Gasteiger partial charge in [-0.3, -0.25) is 9.59 Å². The second kappa shape index (κ2) is 7.91. The van der Waals surface area contributed by atoms with Crippen molar-refractivity contribution >= 4 is 5.91 Å². The zero-order chi connectivity index (χ0) is 20.3. The van der Waals surface area contributed by atoms with Gasteiger partial charge in [0.1, 0.15) is 17.4 Å². The van der Waals surface area contributed by atoms with Crippen LogP contribution in [-0.2, 0) is 6.54 Å². The summed E-state index contributed by atoms with van der Waals surface area (Å²) in [5, 5.41) is 10.1. The van der Waals surface area contributed by atoms with E-state index in [0.717, 1.165) is 0 Å². The smallest absolute Gasteiger partial charge is 0.294 e. The molecule has 144 valence electrons. The number of hydrogen-bond acceptors (Lipinski definition) is 5. The first-order chi connectivity index (χ1) is 13.4. The van der Waals surface area contributed by atoms with Crippen molar-refractivity contribution in [3.8, 4) is 22.9 Å². The van der Waals surface area contributed by atoms with Crippen LogP contribution in [-0.4, -0.2) is 40.0 Å². The molecule has 0 aliphatic carbocycles. The fourth-order valence-corrected chi connectivity index (χ4v) is 2.64. The Bertz CT molecular complexity index is 1060. The number of aromatic amines is 1. The minimum absolute atomic E-state index is 0.125. The summed E-state index contributed by atoms with van der Waals surface area (Å²) < 4.78 is 18.2. The maximum Gasteiger partial charge on any atom is 0.294 e. The summed E-state index contributed by atoms with van der Waals surface area (Å²) in [5.41, 5.74) is 0.0128. The molecule has 8 heteroatoms. The number of benzene rings is 2. The van der Waals surface area contributed by atoms with Crippen LogP contribution >= 0.6 is 0 Å². The lowest BCUT2D eigenvalue weighted by Crippen LogP contribution is -2.29. The van der Waals surface area contributed by atoms with Crippen molar-refractivity contribution in [3.63, 3.8) is 0 Å². The van der Waals surface area contributed by atoms with Gasteiger partial charge >= 0.3 is 0 Å². The van der Waals surface area contributed by atoms with Crippen molar-refractivity contribution in [2.45, 2.75) is 6.54 Å². The molecule has 7 nitrogen and oxygen atoms in total. The predicted octanol–water partition coefficient (Wildman–Crippen LogP) is 2.56. The number of rotatable bonds is 5. The molecule has 0 atom stereocenters. The molecule has 0 saturated carbocycles. The second-order valence-corrected chi connectivity index (χ2v) is 6.13. The van der Waals surface area contributed by atoms with Gasteiger partial charge in [0.05, 0.1) is 7.11 Å². The highest BCUT2D eigenvalue weighted by Gasteiger charge is 2.22. The number of carbonyl (C=O) groups excluding carboxylic acids is 1. The largest absolute Gasteiger partial charge is 0.501 e. The van der Waals surface area contributed by atoms with Crippen LogP contribution in [0.2, 0.25) is 0 Å². The van der Waals surface area contributed by atoms with E-state index >= 15 is 0 Å². The van der Waals surface area contributed by atoms with E-state index in [1.807, 2.05) is 0 Å². The minimum Gasteiger partial charge on any atom is -0.501 e. The highest BCUT2D eigenvalue weighted by molar-refractivity contribution is 5.95. The van der Waals surface area contributed by atoms with Gasteiger partial charge in [-0.1, -0.05) is 24.3 Å². The lowest BCUT2D eigenvalue weighted by molar-refractivity contribution is 0.0775. The molecule has 1 heterocycles. The quantitative estimate of drug-likeness (QED) is 0.706. The van der Waals surface area contributed by atoms with Crippen LogP contribution in [0.3, 0.4) is 0 Å². The number of methoxy groups -OCH3 is 1. The number of carbonyl (C=O) groups is 1. The van der Waals surface area contributed by atoms with E-state index in [1.165, 1.54) is 31.2 Å². The van der Waals surface area contributed by atoms with E-state index in [-0.39, 0.29) is 23.9 Å². The van der Waals surface area contributed by atoms with Crippen molar-refractivity contribution in [3.05, 3.63) is 76.0 Å². The zero-order valence-corrected chi connectivity index (χ0v) is 15.3. The van der Waals surface area contributed by atoms with Crippen LogP contribution in [0.4, 0.5) is 4.39 Å². The number of aromatic nitrogens is 2. The van der Waals surface area contributed by atoms with Gasteiger partial charge in [0.25, 0.3) is 11.5 Å². The summed E-state index contributed by atoms with van der Waals surface area (Å²) in [6.07, 6.45) is 0. The first kappa shape index (κ1) is 19.1. The minimum atomic E-state index is -0.827. The topological polar surface area (TPSA) is 95.5 Å². The van der Waals surface area contributed by atoms with Crippen LogP contribution in [0.25, 0.3) is 11.4 Å². The Labute approximate surface area is 160 Å². The van der Waals surface area contributed by atoms with Crippen molar-refractivity contribution in [1.82, 2.24) is 14.9 Å². The molecule has 3 aromatic rings. The van der Waals surface area contributed by atoms with Crippen LogP contribution in [0.15, 0.2) is 53.3 Å². The number of halogens is 1. The number of hydrogen-bond donors (Lipinski definition) is 2. The Balaban J connectivity index is 1.93. The van der Waals surface area contributed by atoms with Crippen LogP contribution in [0, 0.1) is 5.82 Å². The highest BCUT2D eigenvalue weighted by atomic mass is 19.1. The maximum atomic E-state index is 13.0. The molecule has 0 unspecified atom stereocenters. The third-order valence-electron chi connectivity index (χ3n) is 4.12. The van der Waals surface area contributed by atoms with Gasteiger partial charge in [0.15, 0.2) is 5.69 Å². The highest BCUT2D eigenvalue weighted by Crippen LogP contribution is 2.22. The Hall–Kier alpha value is -3.68. The molecule has 0 saturated heterocycles. The number of aromatic hydroxyl groups is 1. The van der Waals surface area contributed by atoms with Gasteiger partial charge in [-0.15, -0.1) is 0 Å². The third kappa shape index (κ3) is 4.01. The van der Waals surface area contributed by atoms with Crippen molar-refractivity contribution < 1.29 is 19.0 Å². The van der Waals surface area contributed by atoms with Gasteiger partial charge < -0.3 is 19.7 Å². The monoisotopic (exact) mass is 383 g/mol. The summed E-state index contributed by atoms with van der Waals surface area (Å²) >= 11 is 0. The van der Waals surface area contributed by atoms with E-state index in [4.69, 9.17) is 4.74 Å². The average molecular weight is 383 g/mol. The summed E-state index contributed by atoms with van der Waals surface area (Å²) in [7, 11) is 3.00. The molecule has 0 bridgehead atoms. The Morgan fingerprint density at radius 2 is 1.96 bits per heavy atom. The van der Waals surface area contributed by atoms with Gasteiger partial charge in [0.2, 0.25) is 5.75 Å². The van der Waals surface area contributed by atoms with Crippen molar-refractivity contribution in [1.29, 1.82) is 0 Å². The molecule has 0 spiro atoms. The van der Waals surface area contributed by atoms with Gasteiger partial charge in [-0.2, -0.15) is 0 Å². The second-order valence-electron chi connectivity index (χ2n) is 6.13. The van der Waals surface area contributed by atoms with Crippen molar-refractivity contribution in [2.24, 2.45) is 0 Å². The van der Waals surface area contributed by atoms with Gasteiger partial charge in [-0.25, -0.2) is 9.37 Å². The molecule has 3 rings (SSSR count). The summed E-state index contributed by atoms with van der Waals surface area (Å²) in [6, 6.07) is 12.4. The van der Waals surface area contributed by atoms with Gasteiger partial charge in [-0.05, 0) is 29.8 Å². The molecule has 0 aliphatic rings. The lowest BCUT2D eigenvalue weighted by atomic mass is 10.2. The van der Waals surface area contributed by atoms with Crippen LogP contribution < -0.4 is 10.3 Å². The number of ether oxygens (including phenoxy) is 1. The summed E-state index contributed by atoms with van der Waals surface area (Å²) in [4.78, 5) is 32.7. The van der Waals surface area contributed by atoms with Gasteiger partial charge in [0, 0.05) is 19.2 Å². The number of amides is 1. The molecule has 1 amide bonds. The van der Waals surface area contributed by atoms with E-state index in [9.17, 15) is 19.1 Å². The van der Waals surface area contributed by atoms with Crippen LogP contribution in [0.5, 0.6) is 11.5 Å². The molecule has 0 aliphatic heterocycles. The molecule has 2 aromatic carbocycles. The first-order valence-electron chi connectivity index (χ1n) is 8.36. The average Bonchev–Trinajstić information content (AvgIpc) is 2.71. The predicted molar refractivity (Wildman–Crippen MR) is 101 cm³/mol. The number of H-pyrrole nitrogens is 1. The fourth-order valence-electron chi connectivity index (χ4n) is 2.64. The van der Waals surface area contributed by atoms with Crippen molar-refractivity contribution in [2.75, 3.05) is 14.2 Å². The van der Waals surface area contributed by atoms with Crippen LogP contribution in [0.1, 0.15) is 16.1 Å². The number of nitrogens with one attached hydrogen (secondary N) is 1. The lowest BCUT2D eigenvalue weighted by Gasteiger charge is -2.17. The normalized spacial score (nSPS) is 10.5. The molecule has 0 radical (unpaired) electrons. The molecule has 1 aromatic heterocycles. The van der Waals surface area contributed by atoms with E-state index in [0.29, 0.717) is 16.9 Å². The van der Waals surface area contributed by atoms with E-state index in [2.05, 4.69) is 9.97 Å². The molecule has 0 fully saturated rings. The summed E-state index contributed by atoms with van der Waals surface area (Å²) in [6.45, 7) is 0.154. The first-order valence-corrected chi connectivity index (χ1v) is 8.36. The Kier molecular flexibility index (Phi) is 5.39. The summed E-state index contributed by atoms with van der Waals surface area (Å²) in [5.74, 6) is -1.11. The SMILES string of the molecule is COc1cccc(-c2nc(C(=O)N(C)Cc3ccc(F)cc3)c(O)c(=O)[nH]2)c1. The maximum absolute atomic E-state index is 13.0. The fraction of sp³-hybridized carbons (Fsp3) is 0.150. The molecular weight excluding hydrogens is 365 g/mol. The third-order valence-corrected chi connectivity index (χ3v) is 4.12. The van der Waals surface area contributed by atoms with E-state index in [1.54, 1.807) is 36.4 Å². The molecule has 28 heavy (non-hydrogen) atoms. The standard InChI is InChI=1S/C20H18FN3O4/c1-24(11-12-6-8-14(21)9-7-12)20(27)16-17(25)19(26)23-18(22-16)13-4-3-5-15(10-13)28-2/h3-10,25H,11H2,1-2H3,(H,22,23,26). The van der Waals surface area contributed by atoms with E-state index < -0.39 is 17.2 Å².